The van der Waals surface area contributed by atoms with Crippen LogP contribution in [0.25, 0.3) is 0 Å². The summed E-state index contributed by atoms with van der Waals surface area (Å²) in [6.45, 7) is 2.44. The number of alkyl halides is 1. The molecule has 0 heterocycles. The number of aryl methyl sites for hydroxylation is 2. The van der Waals surface area contributed by atoms with E-state index < -0.39 is 10.0 Å². The van der Waals surface area contributed by atoms with E-state index in [9.17, 15) is 8.42 Å². The van der Waals surface area contributed by atoms with Crippen LogP contribution in [0.15, 0.2) is 53.4 Å². The Hall–Kier alpha value is -1.56. The van der Waals surface area contributed by atoms with Gasteiger partial charge in [0, 0.05) is 12.4 Å². The van der Waals surface area contributed by atoms with E-state index in [0.29, 0.717) is 5.88 Å². The summed E-state index contributed by atoms with van der Waals surface area (Å²) in [6.07, 6.45) is 1.73. The highest BCUT2D eigenvalue weighted by molar-refractivity contribution is 7.89. The zero-order valence-corrected chi connectivity index (χ0v) is 15.2. The maximum atomic E-state index is 12.2. The summed E-state index contributed by atoms with van der Waals surface area (Å²) in [7, 11) is -3.52. The molecule has 6 heteroatoms. The highest BCUT2D eigenvalue weighted by atomic mass is 35.5. The van der Waals surface area contributed by atoms with Gasteiger partial charge in [0.2, 0.25) is 10.0 Å². The summed E-state index contributed by atoms with van der Waals surface area (Å²) in [6, 6.07) is 14.5. The van der Waals surface area contributed by atoms with Gasteiger partial charge in [-0.15, -0.1) is 11.6 Å². The Kier molecular flexibility index (Phi) is 7.09. The number of halogens is 1. The molecule has 2 aromatic carbocycles. The molecule has 0 fully saturated rings. The van der Waals surface area contributed by atoms with Crippen LogP contribution in [0.4, 0.5) is 0 Å². The van der Waals surface area contributed by atoms with Crippen LogP contribution in [-0.4, -0.2) is 27.4 Å². The van der Waals surface area contributed by atoms with Crippen molar-refractivity contribution in [2.75, 3.05) is 19.0 Å². The largest absolute Gasteiger partial charge is 0.492 e. The molecule has 24 heavy (non-hydrogen) atoms. The summed E-state index contributed by atoms with van der Waals surface area (Å²) in [5.41, 5.74) is 2.10. The third-order valence-electron chi connectivity index (χ3n) is 3.58. The van der Waals surface area contributed by atoms with Crippen LogP contribution in [0.1, 0.15) is 17.5 Å². The highest BCUT2D eigenvalue weighted by Crippen LogP contribution is 2.16. The minimum absolute atomic E-state index is 0.213. The van der Waals surface area contributed by atoms with Gasteiger partial charge in [0.15, 0.2) is 0 Å². The fourth-order valence-corrected chi connectivity index (χ4v) is 3.39. The van der Waals surface area contributed by atoms with Crippen molar-refractivity contribution in [1.29, 1.82) is 0 Å². The van der Waals surface area contributed by atoms with Crippen LogP contribution in [-0.2, 0) is 16.4 Å². The number of para-hydroxylation sites is 1. The molecule has 0 amide bonds. The van der Waals surface area contributed by atoms with Crippen molar-refractivity contribution >= 4 is 21.6 Å². The standard InChI is InChI=1S/C18H22ClNO3S/c1-15-5-2-3-7-18(15)23-14-13-20-24(21,22)17-10-8-16(9-11-17)6-4-12-19/h2-3,5,7-11,20H,4,6,12-14H2,1H3. The summed E-state index contributed by atoms with van der Waals surface area (Å²) < 4.78 is 32.6. The first kappa shape index (κ1) is 18.8. The van der Waals surface area contributed by atoms with Crippen molar-refractivity contribution in [2.24, 2.45) is 0 Å². The molecule has 0 saturated carbocycles. The molecule has 2 rings (SSSR count). The maximum absolute atomic E-state index is 12.2. The van der Waals surface area contributed by atoms with Crippen molar-refractivity contribution in [3.8, 4) is 5.75 Å². The Labute approximate surface area is 148 Å². The fourth-order valence-electron chi connectivity index (χ4n) is 2.24. The number of hydrogen-bond acceptors (Lipinski definition) is 3. The van der Waals surface area contributed by atoms with Gasteiger partial charge in [0.25, 0.3) is 0 Å². The molecule has 0 spiro atoms. The molecule has 0 aliphatic rings. The first-order valence-electron chi connectivity index (χ1n) is 7.86. The number of ether oxygens (including phenoxy) is 1. The van der Waals surface area contributed by atoms with E-state index in [1.807, 2.05) is 43.3 Å². The fraction of sp³-hybridized carbons (Fsp3) is 0.333. The number of nitrogens with one attached hydrogen (secondary N) is 1. The van der Waals surface area contributed by atoms with Crippen molar-refractivity contribution in [3.63, 3.8) is 0 Å². The van der Waals surface area contributed by atoms with Crippen LogP contribution < -0.4 is 9.46 Å². The summed E-state index contributed by atoms with van der Waals surface area (Å²) in [5, 5.41) is 0. The molecular formula is C18H22ClNO3S. The van der Waals surface area contributed by atoms with Crippen molar-refractivity contribution < 1.29 is 13.2 Å². The molecule has 0 aliphatic heterocycles. The zero-order valence-electron chi connectivity index (χ0n) is 13.7. The van der Waals surface area contributed by atoms with Gasteiger partial charge in [-0.1, -0.05) is 30.3 Å². The Balaban J connectivity index is 1.86. The molecule has 4 nitrogen and oxygen atoms in total. The second-order valence-electron chi connectivity index (χ2n) is 5.45. The summed E-state index contributed by atoms with van der Waals surface area (Å²) >= 11 is 5.66. The lowest BCUT2D eigenvalue weighted by molar-refractivity contribution is 0.320. The molecule has 0 unspecified atom stereocenters. The van der Waals surface area contributed by atoms with Crippen LogP contribution in [0.3, 0.4) is 0 Å². The lowest BCUT2D eigenvalue weighted by atomic mass is 10.1. The van der Waals surface area contributed by atoms with Gasteiger partial charge < -0.3 is 4.74 Å². The predicted octanol–water partition coefficient (Wildman–Crippen LogP) is 3.52. The summed E-state index contributed by atoms with van der Waals surface area (Å²) in [4.78, 5) is 0.257. The topological polar surface area (TPSA) is 55.4 Å². The van der Waals surface area contributed by atoms with Crippen molar-refractivity contribution in [3.05, 3.63) is 59.7 Å². The molecular weight excluding hydrogens is 346 g/mol. The van der Waals surface area contributed by atoms with Crippen LogP contribution >= 0.6 is 11.6 Å². The Morgan fingerprint density at radius 3 is 2.46 bits per heavy atom. The molecule has 0 atom stereocenters. The van der Waals surface area contributed by atoms with E-state index in [2.05, 4.69) is 4.72 Å². The number of benzene rings is 2. The number of sulfonamides is 1. The Bertz CT molecular complexity index is 745. The molecule has 0 aliphatic carbocycles. The van der Waals surface area contributed by atoms with Gasteiger partial charge in [-0.05, 0) is 49.1 Å². The van der Waals surface area contributed by atoms with Crippen LogP contribution in [0.5, 0.6) is 5.75 Å². The Morgan fingerprint density at radius 1 is 1.08 bits per heavy atom. The van der Waals surface area contributed by atoms with Crippen LogP contribution in [0, 0.1) is 6.92 Å². The molecule has 2 aromatic rings. The van der Waals surface area contributed by atoms with Crippen LogP contribution in [0.2, 0.25) is 0 Å². The first-order chi connectivity index (χ1) is 11.5. The van der Waals surface area contributed by atoms with E-state index in [1.165, 1.54) is 0 Å². The molecule has 130 valence electrons. The molecule has 0 aromatic heterocycles. The quantitative estimate of drug-likeness (QED) is 0.545. The predicted molar refractivity (Wildman–Crippen MR) is 97.3 cm³/mol. The van der Waals surface area contributed by atoms with Gasteiger partial charge >= 0.3 is 0 Å². The van der Waals surface area contributed by atoms with Crippen molar-refractivity contribution in [1.82, 2.24) is 4.72 Å². The monoisotopic (exact) mass is 367 g/mol. The Morgan fingerprint density at radius 2 is 1.79 bits per heavy atom. The van der Waals surface area contributed by atoms with Gasteiger partial charge in [-0.25, -0.2) is 13.1 Å². The van der Waals surface area contributed by atoms with Gasteiger partial charge in [-0.3, -0.25) is 0 Å². The lowest BCUT2D eigenvalue weighted by Crippen LogP contribution is -2.28. The van der Waals surface area contributed by atoms with Gasteiger partial charge in [0.05, 0.1) is 4.90 Å². The van der Waals surface area contributed by atoms with E-state index in [4.69, 9.17) is 16.3 Å². The third-order valence-corrected chi connectivity index (χ3v) is 5.32. The molecule has 1 N–H and O–H groups in total. The van der Waals surface area contributed by atoms with Crippen molar-refractivity contribution in [2.45, 2.75) is 24.7 Å². The molecule has 0 radical (unpaired) electrons. The van der Waals surface area contributed by atoms with E-state index in [0.717, 1.165) is 29.7 Å². The van der Waals surface area contributed by atoms with E-state index in [-0.39, 0.29) is 18.0 Å². The zero-order chi connectivity index (χ0) is 17.4. The SMILES string of the molecule is Cc1ccccc1OCCNS(=O)(=O)c1ccc(CCCCl)cc1. The van der Waals surface area contributed by atoms with Gasteiger partial charge in [0.1, 0.15) is 12.4 Å². The second-order valence-corrected chi connectivity index (χ2v) is 7.59. The van der Waals surface area contributed by atoms with E-state index in [1.54, 1.807) is 12.1 Å². The van der Waals surface area contributed by atoms with E-state index >= 15 is 0 Å². The number of hydrogen-bond donors (Lipinski definition) is 1. The first-order valence-corrected chi connectivity index (χ1v) is 9.88. The molecule has 0 saturated heterocycles. The lowest BCUT2D eigenvalue weighted by Gasteiger charge is -2.10. The maximum Gasteiger partial charge on any atom is 0.240 e. The summed E-state index contributed by atoms with van der Waals surface area (Å²) in [5.74, 6) is 1.36. The smallest absolute Gasteiger partial charge is 0.240 e. The average molecular weight is 368 g/mol. The number of rotatable bonds is 9. The second kappa shape index (κ2) is 9.06. The highest BCUT2D eigenvalue weighted by Gasteiger charge is 2.13. The average Bonchev–Trinajstić information content (AvgIpc) is 2.58. The van der Waals surface area contributed by atoms with Gasteiger partial charge in [-0.2, -0.15) is 0 Å². The minimum atomic E-state index is -3.52. The third kappa shape index (κ3) is 5.51. The molecule has 0 bridgehead atoms. The normalized spacial score (nSPS) is 11.4. The minimum Gasteiger partial charge on any atom is -0.492 e.